The summed E-state index contributed by atoms with van der Waals surface area (Å²) in [6.07, 6.45) is 0. The summed E-state index contributed by atoms with van der Waals surface area (Å²) in [6.45, 7) is 6.08. The Hall–Kier alpha value is -2.24. The van der Waals surface area contributed by atoms with Crippen molar-refractivity contribution >= 4 is 11.6 Å². The number of aryl methyl sites for hydroxylation is 2. The van der Waals surface area contributed by atoms with Crippen LogP contribution in [0.15, 0.2) is 17.2 Å². The van der Waals surface area contributed by atoms with Gasteiger partial charge in [-0.1, -0.05) is 5.11 Å². The van der Waals surface area contributed by atoms with Crippen LogP contribution >= 0.6 is 0 Å². The van der Waals surface area contributed by atoms with E-state index in [0.29, 0.717) is 37.7 Å². The first-order valence-electron chi connectivity index (χ1n) is 6.76. The Morgan fingerprint density at radius 1 is 1.38 bits per heavy atom. The first-order chi connectivity index (χ1) is 10.1. The Bertz CT molecular complexity index is 553. The van der Waals surface area contributed by atoms with Gasteiger partial charge in [0.15, 0.2) is 6.61 Å². The number of carbonyl (C=O) groups excluding carboxylic acids is 1. The second kappa shape index (κ2) is 6.97. The molecule has 0 N–H and O–H groups in total. The van der Waals surface area contributed by atoms with Gasteiger partial charge in [0, 0.05) is 23.7 Å². The second-order valence-electron chi connectivity index (χ2n) is 4.88. The van der Waals surface area contributed by atoms with Crippen LogP contribution in [0.5, 0.6) is 5.75 Å². The Morgan fingerprint density at radius 2 is 2.00 bits per heavy atom. The fraction of sp³-hybridized carbons (Fsp3) is 0.500. The van der Waals surface area contributed by atoms with E-state index < -0.39 is 0 Å². The summed E-state index contributed by atoms with van der Waals surface area (Å²) in [5.41, 5.74) is 10.7. The summed E-state index contributed by atoms with van der Waals surface area (Å²) in [6, 6.07) is 3.47. The highest BCUT2D eigenvalue weighted by atomic mass is 16.5. The third-order valence-corrected chi connectivity index (χ3v) is 3.31. The van der Waals surface area contributed by atoms with E-state index in [4.69, 9.17) is 15.0 Å². The van der Waals surface area contributed by atoms with Gasteiger partial charge in [0.05, 0.1) is 13.2 Å². The molecule has 1 heterocycles. The lowest BCUT2D eigenvalue weighted by molar-refractivity contribution is -0.137. The van der Waals surface area contributed by atoms with Gasteiger partial charge in [-0.25, -0.2) is 0 Å². The van der Waals surface area contributed by atoms with Crippen LogP contribution in [0.2, 0.25) is 0 Å². The Kier molecular flexibility index (Phi) is 5.03. The molecule has 7 heteroatoms. The number of nitrogens with zero attached hydrogens (tertiary/aromatic N) is 4. The maximum absolute atomic E-state index is 12.0. The topological polar surface area (TPSA) is 87.5 Å². The molecule has 1 aromatic rings. The van der Waals surface area contributed by atoms with Crippen LogP contribution in [0.25, 0.3) is 10.4 Å². The molecule has 112 valence electrons. The average Bonchev–Trinajstić information content (AvgIpc) is 2.47. The van der Waals surface area contributed by atoms with Crippen molar-refractivity contribution in [3.8, 4) is 5.75 Å². The molecule has 0 spiro atoms. The Labute approximate surface area is 123 Å². The SMILES string of the molecule is Cc1cc(N=[N+]=[N-])cc(C)c1OCC(=O)N1CCOCC1. The number of amides is 1. The van der Waals surface area contributed by atoms with Crippen LogP contribution in [0.4, 0.5) is 5.69 Å². The maximum atomic E-state index is 12.0. The summed E-state index contributed by atoms with van der Waals surface area (Å²) >= 11 is 0. The first kappa shape index (κ1) is 15.2. The molecule has 0 saturated carbocycles. The molecule has 1 saturated heterocycles. The minimum atomic E-state index is -0.0452. The van der Waals surface area contributed by atoms with Crippen molar-refractivity contribution in [1.82, 2.24) is 4.90 Å². The van der Waals surface area contributed by atoms with E-state index >= 15 is 0 Å². The molecule has 0 aromatic heterocycles. The molecule has 0 aliphatic carbocycles. The molecule has 2 rings (SSSR count). The van der Waals surface area contributed by atoms with Gasteiger partial charge in [0.2, 0.25) is 0 Å². The lowest BCUT2D eigenvalue weighted by atomic mass is 10.1. The number of rotatable bonds is 4. The van der Waals surface area contributed by atoms with Gasteiger partial charge in [-0.2, -0.15) is 0 Å². The predicted octanol–water partition coefficient (Wildman–Crippen LogP) is 2.48. The Balaban J connectivity index is 2.02. The normalized spacial score (nSPS) is 14.5. The standard InChI is InChI=1S/C14H18N4O3/c1-10-7-12(16-17-15)8-11(2)14(10)21-9-13(19)18-3-5-20-6-4-18/h7-8H,3-6,9H2,1-2H3. The largest absolute Gasteiger partial charge is 0.483 e. The van der Waals surface area contributed by atoms with Gasteiger partial charge in [-0.3, -0.25) is 4.79 Å². The number of hydrogen-bond donors (Lipinski definition) is 0. The Morgan fingerprint density at radius 3 is 2.57 bits per heavy atom. The fourth-order valence-electron chi connectivity index (χ4n) is 2.30. The fourth-order valence-corrected chi connectivity index (χ4v) is 2.30. The van der Waals surface area contributed by atoms with Crippen molar-refractivity contribution in [2.45, 2.75) is 13.8 Å². The number of carbonyl (C=O) groups is 1. The maximum Gasteiger partial charge on any atom is 0.260 e. The molecule has 7 nitrogen and oxygen atoms in total. The van der Waals surface area contributed by atoms with Crippen molar-refractivity contribution in [3.05, 3.63) is 33.7 Å². The van der Waals surface area contributed by atoms with E-state index in [9.17, 15) is 4.79 Å². The van der Waals surface area contributed by atoms with Crippen LogP contribution in [0.3, 0.4) is 0 Å². The van der Waals surface area contributed by atoms with Crippen molar-refractivity contribution in [2.24, 2.45) is 5.11 Å². The number of hydrogen-bond acceptors (Lipinski definition) is 4. The highest BCUT2D eigenvalue weighted by Gasteiger charge is 2.18. The molecule has 0 unspecified atom stereocenters. The number of morpholine rings is 1. The minimum absolute atomic E-state index is 0.00252. The van der Waals surface area contributed by atoms with E-state index in [-0.39, 0.29) is 12.5 Å². The summed E-state index contributed by atoms with van der Waals surface area (Å²) in [5, 5.41) is 3.57. The zero-order valence-electron chi connectivity index (χ0n) is 12.2. The molecule has 0 radical (unpaired) electrons. The summed E-state index contributed by atoms with van der Waals surface area (Å²) in [4.78, 5) is 16.5. The summed E-state index contributed by atoms with van der Waals surface area (Å²) in [7, 11) is 0. The van der Waals surface area contributed by atoms with Gasteiger partial charge in [0.1, 0.15) is 5.75 Å². The quantitative estimate of drug-likeness (QED) is 0.485. The van der Waals surface area contributed by atoms with Crippen LogP contribution in [0, 0.1) is 13.8 Å². The molecule has 1 aliphatic heterocycles. The van der Waals surface area contributed by atoms with E-state index in [1.54, 1.807) is 17.0 Å². The monoisotopic (exact) mass is 290 g/mol. The molecular formula is C14H18N4O3. The lowest BCUT2D eigenvalue weighted by Crippen LogP contribution is -2.43. The summed E-state index contributed by atoms with van der Waals surface area (Å²) in [5.74, 6) is 0.615. The molecule has 0 bridgehead atoms. The molecule has 1 fully saturated rings. The number of azide groups is 1. The highest BCUT2D eigenvalue weighted by molar-refractivity contribution is 5.78. The van der Waals surface area contributed by atoms with Crippen LogP contribution in [-0.2, 0) is 9.53 Å². The van der Waals surface area contributed by atoms with Gasteiger partial charge in [-0.15, -0.1) is 0 Å². The van der Waals surface area contributed by atoms with Crippen molar-refractivity contribution in [3.63, 3.8) is 0 Å². The zero-order valence-corrected chi connectivity index (χ0v) is 12.2. The molecule has 1 aromatic carbocycles. The van der Waals surface area contributed by atoms with Crippen LogP contribution in [-0.4, -0.2) is 43.7 Å². The van der Waals surface area contributed by atoms with Crippen molar-refractivity contribution < 1.29 is 14.3 Å². The van der Waals surface area contributed by atoms with Gasteiger partial charge < -0.3 is 14.4 Å². The molecule has 1 amide bonds. The molecule has 0 atom stereocenters. The third-order valence-electron chi connectivity index (χ3n) is 3.31. The molecular weight excluding hydrogens is 272 g/mol. The van der Waals surface area contributed by atoms with E-state index in [1.807, 2.05) is 13.8 Å². The molecule has 21 heavy (non-hydrogen) atoms. The third kappa shape index (κ3) is 3.87. The van der Waals surface area contributed by atoms with Gasteiger partial charge in [0.25, 0.3) is 5.91 Å². The lowest BCUT2D eigenvalue weighted by Gasteiger charge is -2.27. The van der Waals surface area contributed by atoms with Crippen LogP contribution < -0.4 is 4.74 Å². The average molecular weight is 290 g/mol. The van der Waals surface area contributed by atoms with E-state index in [1.165, 1.54) is 0 Å². The van der Waals surface area contributed by atoms with Crippen molar-refractivity contribution in [1.29, 1.82) is 0 Å². The van der Waals surface area contributed by atoms with Crippen LogP contribution in [0.1, 0.15) is 11.1 Å². The van der Waals surface area contributed by atoms with Gasteiger partial charge in [-0.05, 0) is 42.6 Å². The van der Waals surface area contributed by atoms with Crippen molar-refractivity contribution in [2.75, 3.05) is 32.9 Å². The first-order valence-corrected chi connectivity index (χ1v) is 6.76. The number of ether oxygens (including phenoxy) is 2. The van der Waals surface area contributed by atoms with Gasteiger partial charge >= 0.3 is 0 Å². The zero-order chi connectivity index (χ0) is 15.2. The molecule has 1 aliphatic rings. The highest BCUT2D eigenvalue weighted by Crippen LogP contribution is 2.28. The summed E-state index contributed by atoms with van der Waals surface area (Å²) < 4.78 is 10.9. The second-order valence-corrected chi connectivity index (χ2v) is 4.88. The van der Waals surface area contributed by atoms with E-state index in [2.05, 4.69) is 10.0 Å². The smallest absolute Gasteiger partial charge is 0.260 e. The predicted molar refractivity (Wildman–Crippen MR) is 77.6 cm³/mol. The number of benzene rings is 1. The minimum Gasteiger partial charge on any atom is -0.483 e. The van der Waals surface area contributed by atoms with E-state index in [0.717, 1.165) is 11.1 Å².